The molecule has 2 aromatic carbocycles. The minimum atomic E-state index is -0.328. The van der Waals surface area contributed by atoms with Crippen molar-refractivity contribution < 1.29 is 14.2 Å². The molecule has 0 bridgehead atoms. The number of rotatable bonds is 5. The van der Waals surface area contributed by atoms with Crippen molar-refractivity contribution in [2.45, 2.75) is 13.0 Å². The maximum absolute atomic E-state index is 13.1. The summed E-state index contributed by atoms with van der Waals surface area (Å²) in [6.45, 7) is 0.350. The van der Waals surface area contributed by atoms with Gasteiger partial charge in [0.1, 0.15) is 18.2 Å². The first-order chi connectivity index (χ1) is 9.19. The maximum atomic E-state index is 13.1. The summed E-state index contributed by atoms with van der Waals surface area (Å²) >= 11 is 0. The Balaban J connectivity index is 2.00. The van der Waals surface area contributed by atoms with Crippen LogP contribution >= 0.6 is 0 Å². The number of nitrogens with two attached hydrogens (primary N) is 1. The Bertz CT molecular complexity index is 540. The molecule has 0 saturated carbocycles. The van der Waals surface area contributed by atoms with Crippen LogP contribution in [-0.2, 0) is 13.0 Å². The van der Waals surface area contributed by atoms with E-state index in [0.717, 1.165) is 5.56 Å². The molecular formula is C15H16FNO2. The van der Waals surface area contributed by atoms with E-state index in [0.29, 0.717) is 23.4 Å². The third-order valence-electron chi connectivity index (χ3n) is 2.82. The molecule has 0 aliphatic rings. The Morgan fingerprint density at radius 1 is 1.11 bits per heavy atom. The number of hydrogen-bond donors (Lipinski definition) is 2. The van der Waals surface area contributed by atoms with Gasteiger partial charge < -0.3 is 15.6 Å². The Morgan fingerprint density at radius 3 is 2.53 bits per heavy atom. The summed E-state index contributed by atoms with van der Waals surface area (Å²) in [5.41, 5.74) is 7.92. The number of aliphatic hydroxyl groups excluding tert-OH is 1. The standard InChI is InChI=1S/C15H16FNO2/c16-13-3-6-15(17)12(9-13)10-19-14-4-1-11(2-5-14)7-8-18/h1-6,9,18H,7-8,10,17H2. The molecule has 0 amide bonds. The Labute approximate surface area is 111 Å². The van der Waals surface area contributed by atoms with E-state index in [1.54, 1.807) is 0 Å². The molecule has 0 aliphatic carbocycles. The average molecular weight is 261 g/mol. The third kappa shape index (κ3) is 3.69. The fourth-order valence-corrected chi connectivity index (χ4v) is 1.74. The van der Waals surface area contributed by atoms with Gasteiger partial charge in [-0.1, -0.05) is 12.1 Å². The summed E-state index contributed by atoms with van der Waals surface area (Å²) in [6, 6.07) is 11.6. The van der Waals surface area contributed by atoms with Gasteiger partial charge in [-0.25, -0.2) is 4.39 Å². The number of halogens is 1. The van der Waals surface area contributed by atoms with Crippen molar-refractivity contribution in [3.63, 3.8) is 0 Å². The third-order valence-corrected chi connectivity index (χ3v) is 2.82. The van der Waals surface area contributed by atoms with Gasteiger partial charge in [0.15, 0.2) is 0 Å². The highest BCUT2D eigenvalue weighted by Crippen LogP contribution is 2.18. The molecule has 3 nitrogen and oxygen atoms in total. The minimum Gasteiger partial charge on any atom is -0.489 e. The topological polar surface area (TPSA) is 55.5 Å². The monoisotopic (exact) mass is 261 g/mol. The lowest BCUT2D eigenvalue weighted by Crippen LogP contribution is -2.01. The first-order valence-electron chi connectivity index (χ1n) is 6.05. The van der Waals surface area contributed by atoms with Crippen LogP contribution in [0.5, 0.6) is 5.75 Å². The van der Waals surface area contributed by atoms with E-state index in [1.165, 1.54) is 18.2 Å². The second-order valence-corrected chi connectivity index (χ2v) is 4.25. The van der Waals surface area contributed by atoms with Crippen LogP contribution in [0.25, 0.3) is 0 Å². The molecule has 0 atom stereocenters. The van der Waals surface area contributed by atoms with Crippen LogP contribution in [0.2, 0.25) is 0 Å². The normalized spacial score (nSPS) is 10.4. The molecule has 0 radical (unpaired) electrons. The summed E-state index contributed by atoms with van der Waals surface area (Å²) in [5, 5.41) is 8.82. The van der Waals surface area contributed by atoms with Gasteiger partial charge in [-0.2, -0.15) is 0 Å². The summed E-state index contributed by atoms with van der Waals surface area (Å²) in [6.07, 6.45) is 0.622. The molecule has 19 heavy (non-hydrogen) atoms. The van der Waals surface area contributed by atoms with Crippen molar-refractivity contribution in [2.75, 3.05) is 12.3 Å². The van der Waals surface area contributed by atoms with E-state index >= 15 is 0 Å². The van der Waals surface area contributed by atoms with Crippen LogP contribution in [0.15, 0.2) is 42.5 Å². The van der Waals surface area contributed by atoms with Gasteiger partial charge in [0.25, 0.3) is 0 Å². The fraction of sp³-hybridized carbons (Fsp3) is 0.200. The Kier molecular flexibility index (Phi) is 4.36. The zero-order valence-electron chi connectivity index (χ0n) is 10.5. The number of aliphatic hydroxyl groups is 1. The van der Waals surface area contributed by atoms with Crippen LogP contribution in [0, 0.1) is 5.82 Å². The lowest BCUT2D eigenvalue weighted by molar-refractivity contribution is 0.298. The first-order valence-corrected chi connectivity index (χ1v) is 6.05. The van der Waals surface area contributed by atoms with E-state index in [4.69, 9.17) is 15.6 Å². The van der Waals surface area contributed by atoms with Gasteiger partial charge in [-0.3, -0.25) is 0 Å². The highest BCUT2D eigenvalue weighted by Gasteiger charge is 2.02. The molecule has 0 aromatic heterocycles. The van der Waals surface area contributed by atoms with Crippen molar-refractivity contribution in [3.8, 4) is 5.75 Å². The second kappa shape index (κ2) is 6.20. The molecule has 3 N–H and O–H groups in total. The van der Waals surface area contributed by atoms with Crippen molar-refractivity contribution in [1.82, 2.24) is 0 Å². The molecule has 2 rings (SSSR count). The zero-order chi connectivity index (χ0) is 13.7. The van der Waals surface area contributed by atoms with Crippen LogP contribution in [0.3, 0.4) is 0 Å². The van der Waals surface area contributed by atoms with Gasteiger partial charge in [0.2, 0.25) is 0 Å². The van der Waals surface area contributed by atoms with Crippen molar-refractivity contribution in [1.29, 1.82) is 0 Å². The fourth-order valence-electron chi connectivity index (χ4n) is 1.74. The number of hydrogen-bond acceptors (Lipinski definition) is 3. The van der Waals surface area contributed by atoms with Crippen LogP contribution < -0.4 is 10.5 Å². The smallest absolute Gasteiger partial charge is 0.123 e. The van der Waals surface area contributed by atoms with Gasteiger partial charge >= 0.3 is 0 Å². The van der Waals surface area contributed by atoms with E-state index in [2.05, 4.69) is 0 Å². The predicted molar refractivity (Wildman–Crippen MR) is 72.4 cm³/mol. The van der Waals surface area contributed by atoms with Crippen molar-refractivity contribution in [3.05, 3.63) is 59.4 Å². The van der Waals surface area contributed by atoms with E-state index in [9.17, 15) is 4.39 Å². The molecule has 0 aliphatic heterocycles. The molecule has 0 fully saturated rings. The molecule has 4 heteroatoms. The molecule has 100 valence electrons. The summed E-state index contributed by atoms with van der Waals surface area (Å²) < 4.78 is 18.6. The maximum Gasteiger partial charge on any atom is 0.123 e. The molecule has 2 aromatic rings. The molecule has 0 heterocycles. The lowest BCUT2D eigenvalue weighted by Gasteiger charge is -2.09. The van der Waals surface area contributed by atoms with E-state index in [1.807, 2.05) is 24.3 Å². The quantitative estimate of drug-likeness (QED) is 0.813. The molecule has 0 saturated heterocycles. The Morgan fingerprint density at radius 2 is 1.84 bits per heavy atom. The van der Waals surface area contributed by atoms with Gasteiger partial charge in [0, 0.05) is 17.9 Å². The summed E-state index contributed by atoms with van der Waals surface area (Å²) in [5.74, 6) is 0.358. The van der Waals surface area contributed by atoms with Gasteiger partial charge in [0.05, 0.1) is 0 Å². The number of anilines is 1. The summed E-state index contributed by atoms with van der Waals surface area (Å²) in [4.78, 5) is 0. The van der Waals surface area contributed by atoms with Gasteiger partial charge in [-0.15, -0.1) is 0 Å². The first kappa shape index (κ1) is 13.4. The number of nitrogen functional groups attached to an aromatic ring is 1. The molecule has 0 unspecified atom stereocenters. The molecular weight excluding hydrogens is 245 g/mol. The highest BCUT2D eigenvalue weighted by atomic mass is 19.1. The Hall–Kier alpha value is -2.07. The van der Waals surface area contributed by atoms with Crippen LogP contribution in [-0.4, -0.2) is 11.7 Å². The van der Waals surface area contributed by atoms with Gasteiger partial charge in [-0.05, 0) is 42.3 Å². The lowest BCUT2D eigenvalue weighted by atomic mass is 10.1. The SMILES string of the molecule is Nc1ccc(F)cc1COc1ccc(CCO)cc1. The largest absolute Gasteiger partial charge is 0.489 e. The number of benzene rings is 2. The minimum absolute atomic E-state index is 0.125. The van der Waals surface area contributed by atoms with Crippen LogP contribution in [0.1, 0.15) is 11.1 Å². The average Bonchev–Trinajstić information content (AvgIpc) is 2.42. The summed E-state index contributed by atoms with van der Waals surface area (Å²) in [7, 11) is 0. The predicted octanol–water partition coefficient (Wildman–Crippen LogP) is 2.52. The van der Waals surface area contributed by atoms with Crippen molar-refractivity contribution >= 4 is 5.69 Å². The van der Waals surface area contributed by atoms with Crippen molar-refractivity contribution in [2.24, 2.45) is 0 Å². The van der Waals surface area contributed by atoms with E-state index in [-0.39, 0.29) is 19.0 Å². The van der Waals surface area contributed by atoms with E-state index < -0.39 is 0 Å². The second-order valence-electron chi connectivity index (χ2n) is 4.25. The molecule has 0 spiro atoms. The zero-order valence-corrected chi connectivity index (χ0v) is 10.5. The number of ether oxygens (including phenoxy) is 1. The highest BCUT2D eigenvalue weighted by molar-refractivity contribution is 5.46. The van der Waals surface area contributed by atoms with Crippen LogP contribution in [0.4, 0.5) is 10.1 Å².